The highest BCUT2D eigenvalue weighted by atomic mass is 79.9. The first-order valence-corrected chi connectivity index (χ1v) is 6.07. The Kier molecular flexibility index (Phi) is 5.61. The number of hydrogen-bond acceptors (Lipinski definition) is 3. The molecule has 8 heteroatoms. The second-order valence-corrected chi connectivity index (χ2v) is 4.48. The molecule has 4 nitrogen and oxygen atoms in total. The highest BCUT2D eigenvalue weighted by Gasteiger charge is 2.32. The number of ether oxygens (including phenoxy) is 1. The monoisotopic (exact) mass is 341 g/mol. The fourth-order valence-corrected chi connectivity index (χ4v) is 1.60. The predicted octanol–water partition coefficient (Wildman–Crippen LogP) is 3.06. The van der Waals surface area contributed by atoms with Gasteiger partial charge in [0.1, 0.15) is 0 Å². The van der Waals surface area contributed by atoms with Gasteiger partial charge in [-0.05, 0) is 24.6 Å². The lowest BCUT2D eigenvalue weighted by atomic mass is 10.2. The molecule has 2 N–H and O–H groups in total. The summed E-state index contributed by atoms with van der Waals surface area (Å²) in [4.78, 5) is 11.4. The number of anilines is 1. The van der Waals surface area contributed by atoms with E-state index in [4.69, 9.17) is 5.11 Å². The highest BCUT2D eigenvalue weighted by Crippen LogP contribution is 2.33. The van der Waals surface area contributed by atoms with E-state index in [1.807, 2.05) is 0 Å². The molecule has 1 aromatic rings. The minimum atomic E-state index is -4.84. The van der Waals surface area contributed by atoms with Gasteiger partial charge in [0.2, 0.25) is 5.91 Å². The van der Waals surface area contributed by atoms with Gasteiger partial charge in [0, 0.05) is 17.5 Å². The summed E-state index contributed by atoms with van der Waals surface area (Å²) in [6.45, 7) is -0.167. The average molecular weight is 342 g/mol. The molecule has 0 aliphatic carbocycles. The molecule has 19 heavy (non-hydrogen) atoms. The Morgan fingerprint density at radius 3 is 2.68 bits per heavy atom. The number of halogens is 4. The number of rotatable bonds is 5. The molecule has 0 radical (unpaired) electrons. The van der Waals surface area contributed by atoms with Gasteiger partial charge in [-0.3, -0.25) is 4.79 Å². The van der Waals surface area contributed by atoms with Crippen molar-refractivity contribution in [2.45, 2.75) is 19.2 Å². The molecule has 106 valence electrons. The summed E-state index contributed by atoms with van der Waals surface area (Å²) in [6.07, 6.45) is -4.60. The molecule has 0 bridgehead atoms. The van der Waals surface area contributed by atoms with Crippen LogP contribution < -0.4 is 10.1 Å². The third-order valence-corrected chi connectivity index (χ3v) is 2.50. The van der Waals surface area contributed by atoms with E-state index in [2.05, 4.69) is 26.0 Å². The molecule has 1 rings (SSSR count). The maximum Gasteiger partial charge on any atom is 0.573 e. The fourth-order valence-electron chi connectivity index (χ4n) is 1.26. The quantitative estimate of drug-likeness (QED) is 0.865. The number of hydrogen-bond donors (Lipinski definition) is 2. The summed E-state index contributed by atoms with van der Waals surface area (Å²) in [7, 11) is 0. The van der Waals surface area contributed by atoms with Crippen molar-refractivity contribution < 1.29 is 27.8 Å². The van der Waals surface area contributed by atoms with E-state index in [0.29, 0.717) is 4.47 Å². The van der Waals surface area contributed by atoms with Crippen LogP contribution in [0.3, 0.4) is 0 Å². The van der Waals surface area contributed by atoms with Crippen LogP contribution in [-0.2, 0) is 4.79 Å². The highest BCUT2D eigenvalue weighted by molar-refractivity contribution is 9.10. The van der Waals surface area contributed by atoms with Gasteiger partial charge >= 0.3 is 6.36 Å². The van der Waals surface area contributed by atoms with Gasteiger partial charge in [-0.2, -0.15) is 0 Å². The number of aliphatic hydroxyl groups is 1. The first kappa shape index (κ1) is 15.8. The third kappa shape index (κ3) is 5.93. The van der Waals surface area contributed by atoms with Crippen molar-refractivity contribution in [2.24, 2.45) is 0 Å². The lowest BCUT2D eigenvalue weighted by Crippen LogP contribution is -2.19. The van der Waals surface area contributed by atoms with E-state index in [1.165, 1.54) is 12.1 Å². The molecule has 0 heterocycles. The maximum absolute atomic E-state index is 12.2. The van der Waals surface area contributed by atoms with E-state index >= 15 is 0 Å². The van der Waals surface area contributed by atoms with Gasteiger partial charge in [0.05, 0.1) is 5.69 Å². The van der Waals surface area contributed by atoms with Gasteiger partial charge < -0.3 is 15.2 Å². The van der Waals surface area contributed by atoms with Crippen molar-refractivity contribution in [3.05, 3.63) is 22.7 Å². The topological polar surface area (TPSA) is 58.6 Å². The van der Waals surface area contributed by atoms with E-state index in [9.17, 15) is 18.0 Å². The van der Waals surface area contributed by atoms with Crippen LogP contribution in [0.4, 0.5) is 18.9 Å². The smallest absolute Gasteiger partial charge is 0.404 e. The molecule has 0 spiro atoms. The van der Waals surface area contributed by atoms with Crippen molar-refractivity contribution in [1.82, 2.24) is 0 Å². The second-order valence-electron chi connectivity index (χ2n) is 3.56. The molecule has 0 aliphatic heterocycles. The molecular formula is C11H11BrF3NO3. The van der Waals surface area contributed by atoms with Gasteiger partial charge in [0.15, 0.2) is 5.75 Å². The van der Waals surface area contributed by atoms with E-state index in [1.54, 1.807) is 0 Å². The molecule has 0 aromatic heterocycles. The zero-order valence-corrected chi connectivity index (χ0v) is 11.2. The van der Waals surface area contributed by atoms with Crippen LogP contribution in [0.1, 0.15) is 12.8 Å². The second kappa shape index (κ2) is 6.76. The number of alkyl halides is 3. The normalized spacial score (nSPS) is 11.2. The number of nitrogens with one attached hydrogen (secondary N) is 1. The zero-order valence-electron chi connectivity index (χ0n) is 9.63. The zero-order chi connectivity index (χ0) is 14.5. The standard InChI is InChI=1S/C11H11BrF3NO3/c12-7-3-4-8(16-10(18)2-1-5-17)9(6-7)19-11(13,14)15/h3-4,6,17H,1-2,5H2,(H,16,18). The summed E-state index contributed by atoms with van der Waals surface area (Å²) >= 11 is 3.02. The Morgan fingerprint density at radius 1 is 1.42 bits per heavy atom. The van der Waals surface area contributed by atoms with E-state index < -0.39 is 18.0 Å². The number of aliphatic hydroxyl groups excluding tert-OH is 1. The fraction of sp³-hybridized carbons (Fsp3) is 0.364. The van der Waals surface area contributed by atoms with Crippen LogP contribution >= 0.6 is 15.9 Å². The number of amides is 1. The molecule has 0 unspecified atom stereocenters. The van der Waals surface area contributed by atoms with Crippen LogP contribution in [0.15, 0.2) is 22.7 Å². The van der Waals surface area contributed by atoms with Crippen LogP contribution in [0.2, 0.25) is 0 Å². The molecule has 0 atom stereocenters. The predicted molar refractivity (Wildman–Crippen MR) is 65.8 cm³/mol. The minimum absolute atomic E-state index is 0.0119. The Balaban J connectivity index is 2.84. The van der Waals surface area contributed by atoms with Crippen molar-refractivity contribution in [3.63, 3.8) is 0 Å². The Bertz CT molecular complexity index is 451. The van der Waals surface area contributed by atoms with Crippen LogP contribution in [0.25, 0.3) is 0 Å². The SMILES string of the molecule is O=C(CCCO)Nc1ccc(Br)cc1OC(F)(F)F. The summed E-state index contributed by atoms with van der Waals surface area (Å²) < 4.78 is 40.8. The molecule has 0 saturated heterocycles. The molecule has 0 saturated carbocycles. The van der Waals surface area contributed by atoms with Gasteiger partial charge in [-0.15, -0.1) is 13.2 Å². The Labute approximate surface area is 115 Å². The van der Waals surface area contributed by atoms with Crippen molar-refractivity contribution in [2.75, 3.05) is 11.9 Å². The Morgan fingerprint density at radius 2 is 2.11 bits per heavy atom. The third-order valence-electron chi connectivity index (χ3n) is 2.01. The molecule has 1 amide bonds. The number of carbonyl (C=O) groups is 1. The van der Waals surface area contributed by atoms with E-state index in [0.717, 1.165) is 6.07 Å². The Hall–Kier alpha value is -1.28. The van der Waals surface area contributed by atoms with Crippen LogP contribution in [-0.4, -0.2) is 24.0 Å². The van der Waals surface area contributed by atoms with Crippen molar-refractivity contribution >= 4 is 27.5 Å². The van der Waals surface area contributed by atoms with Gasteiger partial charge in [0.25, 0.3) is 0 Å². The lowest BCUT2D eigenvalue weighted by Gasteiger charge is -2.14. The van der Waals surface area contributed by atoms with E-state index in [-0.39, 0.29) is 25.1 Å². The molecule has 0 aliphatic rings. The van der Waals surface area contributed by atoms with Crippen molar-refractivity contribution in [3.8, 4) is 5.75 Å². The molecular weight excluding hydrogens is 331 g/mol. The number of carbonyl (C=O) groups excluding carboxylic acids is 1. The maximum atomic E-state index is 12.2. The summed E-state index contributed by atoms with van der Waals surface area (Å²) in [6, 6.07) is 3.88. The lowest BCUT2D eigenvalue weighted by molar-refractivity contribution is -0.274. The first-order chi connectivity index (χ1) is 8.81. The largest absolute Gasteiger partial charge is 0.573 e. The summed E-state index contributed by atoms with van der Waals surface area (Å²) in [5.74, 6) is -0.998. The first-order valence-electron chi connectivity index (χ1n) is 5.28. The van der Waals surface area contributed by atoms with Crippen LogP contribution in [0, 0.1) is 0 Å². The summed E-state index contributed by atoms with van der Waals surface area (Å²) in [5.41, 5.74) is -0.0801. The van der Waals surface area contributed by atoms with Crippen LogP contribution in [0.5, 0.6) is 5.75 Å². The minimum Gasteiger partial charge on any atom is -0.404 e. The van der Waals surface area contributed by atoms with Crippen molar-refractivity contribution in [1.29, 1.82) is 0 Å². The average Bonchev–Trinajstić information content (AvgIpc) is 2.28. The van der Waals surface area contributed by atoms with Gasteiger partial charge in [-0.25, -0.2) is 0 Å². The van der Waals surface area contributed by atoms with Gasteiger partial charge in [-0.1, -0.05) is 15.9 Å². The molecule has 0 fully saturated rings. The number of benzene rings is 1. The molecule has 1 aromatic carbocycles. The summed E-state index contributed by atoms with van der Waals surface area (Å²) in [5, 5.41) is 10.9.